The van der Waals surface area contributed by atoms with Crippen molar-refractivity contribution < 1.29 is 14.3 Å². The van der Waals surface area contributed by atoms with Crippen molar-refractivity contribution in [2.75, 3.05) is 11.4 Å². The van der Waals surface area contributed by atoms with Gasteiger partial charge in [0, 0.05) is 17.7 Å². The first-order valence-electron chi connectivity index (χ1n) is 8.40. The van der Waals surface area contributed by atoms with Crippen molar-refractivity contribution in [3.05, 3.63) is 47.5 Å². The van der Waals surface area contributed by atoms with Gasteiger partial charge in [-0.15, -0.1) is 0 Å². The Kier molecular flexibility index (Phi) is 4.94. The van der Waals surface area contributed by atoms with Crippen molar-refractivity contribution in [3.63, 3.8) is 0 Å². The summed E-state index contributed by atoms with van der Waals surface area (Å²) in [7, 11) is 0. The van der Waals surface area contributed by atoms with Crippen molar-refractivity contribution in [2.45, 2.75) is 32.6 Å². The summed E-state index contributed by atoms with van der Waals surface area (Å²) in [5.74, 6) is 1.32. The summed E-state index contributed by atoms with van der Waals surface area (Å²) in [4.78, 5) is 24.3. The highest BCUT2D eigenvalue weighted by atomic mass is 16.5. The van der Waals surface area contributed by atoms with Crippen LogP contribution in [0.5, 0.6) is 11.5 Å². The van der Waals surface area contributed by atoms with Gasteiger partial charge in [0.1, 0.15) is 12.6 Å². The lowest BCUT2D eigenvalue weighted by Crippen LogP contribution is -2.22. The van der Waals surface area contributed by atoms with E-state index < -0.39 is 0 Å². The summed E-state index contributed by atoms with van der Waals surface area (Å²) >= 11 is 0. The van der Waals surface area contributed by atoms with Crippen molar-refractivity contribution in [1.82, 2.24) is 0 Å². The molecule has 4 heteroatoms. The molecule has 0 fully saturated rings. The summed E-state index contributed by atoms with van der Waals surface area (Å²) < 4.78 is 5.96. The van der Waals surface area contributed by atoms with E-state index in [1.807, 2.05) is 12.1 Å². The first kappa shape index (κ1) is 16.2. The molecule has 24 heavy (non-hydrogen) atoms. The Labute approximate surface area is 142 Å². The highest BCUT2D eigenvalue weighted by molar-refractivity contribution is 5.85. The number of aldehydes is 2. The van der Waals surface area contributed by atoms with Crippen LogP contribution in [0, 0.1) is 0 Å². The summed E-state index contributed by atoms with van der Waals surface area (Å²) in [6.45, 7) is 3.07. The standard InChI is InChI=1S/C20H21NO3/c1-2-3-4-5-10-21-17-8-6-15(13-22)11-19(17)24-20-12-16(14-23)7-9-18(20)21/h6-9,11-14H,2-5,10H2,1H3. The lowest BCUT2D eigenvalue weighted by atomic mass is 10.1. The molecule has 0 aromatic heterocycles. The molecule has 0 unspecified atom stereocenters. The first-order chi connectivity index (χ1) is 11.8. The van der Waals surface area contributed by atoms with E-state index in [0.29, 0.717) is 22.6 Å². The van der Waals surface area contributed by atoms with Crippen LogP contribution in [-0.2, 0) is 0 Å². The highest BCUT2D eigenvalue weighted by Crippen LogP contribution is 2.47. The molecule has 1 aliphatic heterocycles. The number of anilines is 2. The van der Waals surface area contributed by atoms with Crippen LogP contribution < -0.4 is 9.64 Å². The quantitative estimate of drug-likeness (QED) is 0.523. The topological polar surface area (TPSA) is 46.6 Å². The largest absolute Gasteiger partial charge is 0.453 e. The molecule has 0 bridgehead atoms. The number of hydrogen-bond acceptors (Lipinski definition) is 4. The van der Waals surface area contributed by atoms with E-state index in [4.69, 9.17) is 4.74 Å². The molecular weight excluding hydrogens is 302 g/mol. The number of benzene rings is 2. The third-order valence-electron chi connectivity index (χ3n) is 4.28. The normalized spacial score (nSPS) is 12.1. The number of unbranched alkanes of at least 4 members (excludes halogenated alkanes) is 3. The predicted octanol–water partition coefficient (Wildman–Crippen LogP) is 5.14. The monoisotopic (exact) mass is 323 g/mol. The third kappa shape index (κ3) is 3.18. The van der Waals surface area contributed by atoms with Crippen molar-refractivity contribution in [2.24, 2.45) is 0 Å². The summed E-state index contributed by atoms with van der Waals surface area (Å²) in [5, 5.41) is 0. The summed E-state index contributed by atoms with van der Waals surface area (Å²) in [6.07, 6.45) is 6.30. The van der Waals surface area contributed by atoms with Gasteiger partial charge in [-0.3, -0.25) is 9.59 Å². The summed E-state index contributed by atoms with van der Waals surface area (Å²) in [5.41, 5.74) is 3.08. The molecule has 2 aromatic rings. The second-order valence-electron chi connectivity index (χ2n) is 6.00. The third-order valence-corrected chi connectivity index (χ3v) is 4.28. The second-order valence-corrected chi connectivity index (χ2v) is 6.00. The molecule has 124 valence electrons. The van der Waals surface area contributed by atoms with Gasteiger partial charge >= 0.3 is 0 Å². The molecule has 2 aromatic carbocycles. The van der Waals surface area contributed by atoms with E-state index in [0.717, 1.165) is 36.9 Å². The first-order valence-corrected chi connectivity index (χ1v) is 8.40. The molecule has 0 radical (unpaired) electrons. The Hall–Kier alpha value is -2.62. The Morgan fingerprint density at radius 2 is 1.46 bits per heavy atom. The lowest BCUT2D eigenvalue weighted by Gasteiger charge is -2.33. The zero-order valence-corrected chi connectivity index (χ0v) is 13.8. The molecule has 0 saturated heterocycles. The number of ether oxygens (including phenoxy) is 1. The van der Waals surface area contributed by atoms with Gasteiger partial charge in [0.25, 0.3) is 0 Å². The minimum atomic E-state index is 0.578. The van der Waals surface area contributed by atoms with E-state index >= 15 is 0 Å². The Morgan fingerprint density at radius 1 is 0.875 bits per heavy atom. The number of carbonyl (C=O) groups excluding carboxylic acids is 2. The molecule has 0 aliphatic carbocycles. The maximum Gasteiger partial charge on any atom is 0.151 e. The van der Waals surface area contributed by atoms with Crippen LogP contribution >= 0.6 is 0 Å². The minimum Gasteiger partial charge on any atom is -0.453 e. The van der Waals surface area contributed by atoms with Crippen LogP contribution in [0.15, 0.2) is 36.4 Å². The van der Waals surface area contributed by atoms with E-state index in [-0.39, 0.29) is 0 Å². The Morgan fingerprint density at radius 3 is 1.96 bits per heavy atom. The average Bonchev–Trinajstić information content (AvgIpc) is 2.63. The van der Waals surface area contributed by atoms with E-state index in [9.17, 15) is 9.59 Å². The van der Waals surface area contributed by atoms with Crippen LogP contribution in [0.25, 0.3) is 0 Å². The van der Waals surface area contributed by atoms with Crippen LogP contribution in [0.2, 0.25) is 0 Å². The molecule has 3 rings (SSSR count). The molecule has 0 atom stereocenters. The predicted molar refractivity (Wildman–Crippen MR) is 94.9 cm³/mol. The number of hydrogen-bond donors (Lipinski definition) is 0. The van der Waals surface area contributed by atoms with E-state index in [2.05, 4.69) is 11.8 Å². The van der Waals surface area contributed by atoms with Gasteiger partial charge in [0.05, 0.1) is 11.4 Å². The fourth-order valence-corrected chi connectivity index (χ4v) is 3.00. The highest BCUT2D eigenvalue weighted by Gasteiger charge is 2.24. The van der Waals surface area contributed by atoms with Gasteiger partial charge in [0.15, 0.2) is 11.5 Å². The minimum absolute atomic E-state index is 0.578. The van der Waals surface area contributed by atoms with Crippen molar-refractivity contribution in [1.29, 1.82) is 0 Å². The zero-order valence-electron chi connectivity index (χ0n) is 13.8. The van der Waals surface area contributed by atoms with Crippen LogP contribution in [0.3, 0.4) is 0 Å². The van der Waals surface area contributed by atoms with Gasteiger partial charge in [-0.2, -0.15) is 0 Å². The van der Waals surface area contributed by atoms with Gasteiger partial charge in [-0.05, 0) is 42.8 Å². The van der Waals surface area contributed by atoms with Crippen LogP contribution in [0.1, 0.15) is 53.3 Å². The zero-order chi connectivity index (χ0) is 16.9. The molecule has 0 spiro atoms. The van der Waals surface area contributed by atoms with Gasteiger partial charge in [-0.1, -0.05) is 26.2 Å². The van der Waals surface area contributed by atoms with Gasteiger partial charge in [0.2, 0.25) is 0 Å². The SMILES string of the molecule is CCCCCCN1c2ccc(C=O)cc2Oc2cc(C=O)ccc21. The molecule has 0 N–H and O–H groups in total. The average molecular weight is 323 g/mol. The lowest BCUT2D eigenvalue weighted by molar-refractivity contribution is 0.111. The van der Waals surface area contributed by atoms with Crippen LogP contribution in [0.4, 0.5) is 11.4 Å². The Balaban J connectivity index is 1.97. The number of nitrogens with zero attached hydrogens (tertiary/aromatic N) is 1. The molecule has 0 saturated carbocycles. The molecular formula is C20H21NO3. The Bertz CT molecular complexity index is 697. The van der Waals surface area contributed by atoms with Crippen molar-refractivity contribution in [3.8, 4) is 11.5 Å². The second kappa shape index (κ2) is 7.30. The fourth-order valence-electron chi connectivity index (χ4n) is 3.00. The molecule has 0 amide bonds. The maximum absolute atomic E-state index is 11.0. The van der Waals surface area contributed by atoms with Crippen molar-refractivity contribution >= 4 is 23.9 Å². The fraction of sp³-hybridized carbons (Fsp3) is 0.300. The molecule has 1 aliphatic rings. The van der Waals surface area contributed by atoms with E-state index in [1.165, 1.54) is 19.3 Å². The number of rotatable bonds is 7. The smallest absolute Gasteiger partial charge is 0.151 e. The summed E-state index contributed by atoms with van der Waals surface area (Å²) in [6, 6.07) is 11.0. The molecule has 1 heterocycles. The number of carbonyl (C=O) groups is 2. The number of fused-ring (bicyclic) bond motifs is 2. The van der Waals surface area contributed by atoms with Gasteiger partial charge < -0.3 is 9.64 Å². The van der Waals surface area contributed by atoms with Gasteiger partial charge in [-0.25, -0.2) is 0 Å². The maximum atomic E-state index is 11.0. The van der Waals surface area contributed by atoms with Crippen LogP contribution in [-0.4, -0.2) is 19.1 Å². The van der Waals surface area contributed by atoms with E-state index in [1.54, 1.807) is 24.3 Å². The molecule has 4 nitrogen and oxygen atoms in total.